The molecule has 1 aromatic carbocycles. The normalized spacial score (nSPS) is 15.7. The number of aliphatic hydroxyl groups is 1. The predicted octanol–water partition coefficient (Wildman–Crippen LogP) is 1.20. The lowest BCUT2D eigenvalue weighted by molar-refractivity contribution is 0.0595. The fraction of sp³-hybridized carbons (Fsp3) is 0.471. The largest absolute Gasteiger partial charge is 0.384 e. The number of rotatable bonds is 2. The van der Waals surface area contributed by atoms with Gasteiger partial charge in [0.1, 0.15) is 6.61 Å². The van der Waals surface area contributed by atoms with Gasteiger partial charge in [-0.1, -0.05) is 11.8 Å². The Labute approximate surface area is 126 Å². The quantitative estimate of drug-likeness (QED) is 0.831. The maximum Gasteiger partial charge on any atom is 0.253 e. The van der Waals surface area contributed by atoms with Gasteiger partial charge in [0.2, 0.25) is 0 Å². The third kappa shape index (κ3) is 4.07. The standard InChI is InChI=1S/C17H22N2O2/c1-14(2)18-9-11-19(12-10-18)17(21)16-7-5-15(6-8-16)4-3-13-20/h5-8,14,20H,9-13H2,1-2H3. The van der Waals surface area contributed by atoms with Crippen LogP contribution >= 0.6 is 0 Å². The van der Waals surface area contributed by atoms with E-state index in [0.717, 1.165) is 31.7 Å². The van der Waals surface area contributed by atoms with E-state index in [2.05, 4.69) is 30.6 Å². The molecule has 4 nitrogen and oxygen atoms in total. The summed E-state index contributed by atoms with van der Waals surface area (Å²) in [5.74, 6) is 5.51. The molecule has 0 aliphatic carbocycles. The van der Waals surface area contributed by atoms with Crippen LogP contribution in [0.1, 0.15) is 29.8 Å². The zero-order valence-corrected chi connectivity index (χ0v) is 12.7. The molecule has 0 unspecified atom stereocenters. The van der Waals surface area contributed by atoms with E-state index < -0.39 is 0 Å². The van der Waals surface area contributed by atoms with Crippen LogP contribution in [0, 0.1) is 11.8 Å². The molecule has 0 atom stereocenters. The summed E-state index contributed by atoms with van der Waals surface area (Å²) in [7, 11) is 0. The summed E-state index contributed by atoms with van der Waals surface area (Å²) in [5.41, 5.74) is 1.51. The van der Waals surface area contributed by atoms with Gasteiger partial charge < -0.3 is 10.0 Å². The van der Waals surface area contributed by atoms with Crippen LogP contribution in [0.5, 0.6) is 0 Å². The first-order valence-electron chi connectivity index (χ1n) is 7.35. The first-order chi connectivity index (χ1) is 10.1. The summed E-state index contributed by atoms with van der Waals surface area (Å²) >= 11 is 0. The van der Waals surface area contributed by atoms with Crippen molar-refractivity contribution in [2.75, 3.05) is 32.8 Å². The van der Waals surface area contributed by atoms with E-state index >= 15 is 0 Å². The van der Waals surface area contributed by atoms with Gasteiger partial charge >= 0.3 is 0 Å². The molecule has 1 aliphatic rings. The number of hydrogen-bond acceptors (Lipinski definition) is 3. The molecule has 1 aliphatic heterocycles. The zero-order chi connectivity index (χ0) is 15.2. The molecular weight excluding hydrogens is 264 g/mol. The minimum Gasteiger partial charge on any atom is -0.384 e. The summed E-state index contributed by atoms with van der Waals surface area (Å²) in [4.78, 5) is 16.7. The minimum absolute atomic E-state index is 0.0834. The van der Waals surface area contributed by atoms with E-state index in [1.54, 1.807) is 12.1 Å². The second kappa shape index (κ2) is 7.26. The number of carbonyl (C=O) groups is 1. The molecule has 1 N–H and O–H groups in total. The number of amides is 1. The Hall–Kier alpha value is -1.83. The van der Waals surface area contributed by atoms with Gasteiger partial charge in [0.25, 0.3) is 5.91 Å². The Bertz CT molecular complexity index is 532. The summed E-state index contributed by atoms with van der Waals surface area (Å²) < 4.78 is 0. The highest BCUT2D eigenvalue weighted by atomic mass is 16.2. The van der Waals surface area contributed by atoms with Crippen molar-refractivity contribution in [1.29, 1.82) is 0 Å². The van der Waals surface area contributed by atoms with Crippen molar-refractivity contribution in [2.24, 2.45) is 0 Å². The van der Waals surface area contributed by atoms with Gasteiger partial charge in [-0.05, 0) is 38.1 Å². The molecule has 1 fully saturated rings. The van der Waals surface area contributed by atoms with Crippen LogP contribution in [0.3, 0.4) is 0 Å². The van der Waals surface area contributed by atoms with E-state index in [1.807, 2.05) is 17.0 Å². The molecule has 1 aromatic rings. The number of nitrogens with zero attached hydrogens (tertiary/aromatic N) is 2. The van der Waals surface area contributed by atoms with Gasteiger partial charge in [0, 0.05) is 43.3 Å². The molecule has 0 aromatic heterocycles. The molecule has 1 saturated heterocycles. The number of benzene rings is 1. The molecule has 21 heavy (non-hydrogen) atoms. The molecule has 1 amide bonds. The van der Waals surface area contributed by atoms with Gasteiger partial charge in [0.15, 0.2) is 0 Å². The molecule has 1 heterocycles. The first kappa shape index (κ1) is 15.6. The van der Waals surface area contributed by atoms with Crippen LogP contribution in [0.4, 0.5) is 0 Å². The monoisotopic (exact) mass is 286 g/mol. The maximum absolute atomic E-state index is 12.4. The van der Waals surface area contributed by atoms with E-state index in [4.69, 9.17) is 5.11 Å². The lowest BCUT2D eigenvalue weighted by Gasteiger charge is -2.37. The van der Waals surface area contributed by atoms with Crippen LogP contribution in [0.25, 0.3) is 0 Å². The van der Waals surface area contributed by atoms with Crippen LogP contribution in [0.2, 0.25) is 0 Å². The van der Waals surface area contributed by atoms with Crippen molar-refractivity contribution < 1.29 is 9.90 Å². The highest BCUT2D eigenvalue weighted by Crippen LogP contribution is 2.11. The van der Waals surface area contributed by atoms with Gasteiger partial charge in [-0.15, -0.1) is 0 Å². The highest BCUT2D eigenvalue weighted by molar-refractivity contribution is 5.94. The van der Waals surface area contributed by atoms with Crippen molar-refractivity contribution in [2.45, 2.75) is 19.9 Å². The van der Waals surface area contributed by atoms with Gasteiger partial charge in [-0.25, -0.2) is 0 Å². The maximum atomic E-state index is 12.4. The van der Waals surface area contributed by atoms with Crippen molar-refractivity contribution in [3.8, 4) is 11.8 Å². The lowest BCUT2D eigenvalue weighted by atomic mass is 10.1. The molecule has 112 valence electrons. The lowest BCUT2D eigenvalue weighted by Crippen LogP contribution is -2.50. The van der Waals surface area contributed by atoms with Gasteiger partial charge in [-0.2, -0.15) is 0 Å². The summed E-state index contributed by atoms with van der Waals surface area (Å²) in [5, 5.41) is 8.66. The minimum atomic E-state index is -0.152. The van der Waals surface area contributed by atoms with Crippen molar-refractivity contribution in [3.05, 3.63) is 35.4 Å². The van der Waals surface area contributed by atoms with Crippen molar-refractivity contribution in [3.63, 3.8) is 0 Å². The summed E-state index contributed by atoms with van der Waals surface area (Å²) in [6, 6.07) is 7.78. The zero-order valence-electron chi connectivity index (χ0n) is 12.7. The topological polar surface area (TPSA) is 43.8 Å². The van der Waals surface area contributed by atoms with Crippen LogP contribution in [-0.2, 0) is 0 Å². The van der Waals surface area contributed by atoms with Gasteiger partial charge in [0.05, 0.1) is 0 Å². The second-order valence-electron chi connectivity index (χ2n) is 5.46. The average Bonchev–Trinajstić information content (AvgIpc) is 2.53. The molecule has 0 radical (unpaired) electrons. The molecule has 0 bridgehead atoms. The van der Waals surface area contributed by atoms with E-state index in [-0.39, 0.29) is 12.5 Å². The number of piperazine rings is 1. The molecule has 2 rings (SSSR count). The fourth-order valence-electron chi connectivity index (χ4n) is 2.46. The number of hydrogen-bond donors (Lipinski definition) is 1. The van der Waals surface area contributed by atoms with Crippen LogP contribution < -0.4 is 0 Å². The Morgan fingerprint density at radius 2 is 1.81 bits per heavy atom. The third-order valence-corrected chi connectivity index (χ3v) is 3.78. The van der Waals surface area contributed by atoms with Crippen LogP contribution in [0.15, 0.2) is 24.3 Å². The Balaban J connectivity index is 1.97. The van der Waals surface area contributed by atoms with Gasteiger partial charge in [-0.3, -0.25) is 9.69 Å². The molecule has 0 spiro atoms. The smallest absolute Gasteiger partial charge is 0.253 e. The number of aliphatic hydroxyl groups excluding tert-OH is 1. The molecule has 4 heteroatoms. The van der Waals surface area contributed by atoms with Crippen molar-refractivity contribution in [1.82, 2.24) is 9.80 Å². The SMILES string of the molecule is CC(C)N1CCN(C(=O)c2ccc(C#CCO)cc2)CC1. The summed E-state index contributed by atoms with van der Waals surface area (Å²) in [6.45, 7) is 7.65. The van der Waals surface area contributed by atoms with Crippen molar-refractivity contribution >= 4 is 5.91 Å². The van der Waals surface area contributed by atoms with Crippen LogP contribution in [-0.4, -0.2) is 59.6 Å². The first-order valence-corrected chi connectivity index (χ1v) is 7.35. The number of carbonyl (C=O) groups excluding carboxylic acids is 1. The van der Waals surface area contributed by atoms with E-state index in [1.165, 1.54) is 0 Å². The Kier molecular flexibility index (Phi) is 5.38. The third-order valence-electron chi connectivity index (χ3n) is 3.78. The van der Waals surface area contributed by atoms with E-state index in [9.17, 15) is 4.79 Å². The average molecular weight is 286 g/mol. The summed E-state index contributed by atoms with van der Waals surface area (Å²) in [6.07, 6.45) is 0. The molecule has 0 saturated carbocycles. The Morgan fingerprint density at radius 1 is 1.19 bits per heavy atom. The predicted molar refractivity (Wildman–Crippen MR) is 83.0 cm³/mol. The second-order valence-corrected chi connectivity index (χ2v) is 5.46. The Morgan fingerprint density at radius 3 is 2.33 bits per heavy atom. The highest BCUT2D eigenvalue weighted by Gasteiger charge is 2.23. The molecular formula is C17H22N2O2. The van der Waals surface area contributed by atoms with E-state index in [0.29, 0.717) is 11.6 Å². The fourth-order valence-corrected chi connectivity index (χ4v) is 2.46.